The van der Waals surface area contributed by atoms with Crippen LogP contribution < -0.4 is 0 Å². The lowest BCUT2D eigenvalue weighted by Gasteiger charge is -2.17. The van der Waals surface area contributed by atoms with Crippen LogP contribution in [0, 0.1) is 5.41 Å². The van der Waals surface area contributed by atoms with Crippen molar-refractivity contribution in [2.45, 2.75) is 33.7 Å². The monoisotopic (exact) mass is 461 g/mol. The molecule has 0 amide bonds. The van der Waals surface area contributed by atoms with Crippen LogP contribution in [-0.4, -0.2) is 14.5 Å². The Morgan fingerprint density at radius 1 is 0.794 bits per heavy atom. The molecule has 3 aromatic carbocycles. The van der Waals surface area contributed by atoms with Crippen LogP contribution in [0.1, 0.15) is 32.0 Å². The number of aromatic nitrogens is 3. The first-order valence-corrected chi connectivity index (χ1v) is 12.6. The van der Waals surface area contributed by atoms with Crippen molar-refractivity contribution in [1.29, 1.82) is 0 Å². The average molecular weight is 462 g/mol. The number of para-hydroxylation sites is 2. The Morgan fingerprint density at radius 2 is 1.59 bits per heavy atom. The summed E-state index contributed by atoms with van der Waals surface area (Å²) in [4.78, 5) is 11.2. The van der Waals surface area contributed by atoms with Crippen LogP contribution in [0.25, 0.3) is 42.7 Å². The van der Waals surface area contributed by atoms with Crippen molar-refractivity contribution in [3.63, 3.8) is 0 Å². The van der Waals surface area contributed by atoms with E-state index in [4.69, 9.17) is 9.97 Å². The molecule has 6 aromatic rings. The van der Waals surface area contributed by atoms with Crippen LogP contribution in [0.4, 0.5) is 0 Å². The van der Waals surface area contributed by atoms with Crippen molar-refractivity contribution in [3.05, 3.63) is 96.2 Å². The van der Waals surface area contributed by atoms with Crippen molar-refractivity contribution in [3.8, 4) is 11.4 Å². The molecule has 6 rings (SSSR count). The Kier molecular flexibility index (Phi) is 5.00. The van der Waals surface area contributed by atoms with Crippen molar-refractivity contribution in [1.82, 2.24) is 14.5 Å². The van der Waals surface area contributed by atoms with Gasteiger partial charge in [-0.25, -0.2) is 9.97 Å². The molecule has 0 radical (unpaired) electrons. The summed E-state index contributed by atoms with van der Waals surface area (Å²) in [5.41, 5.74) is 5.98. The highest BCUT2D eigenvalue weighted by Crippen LogP contribution is 2.37. The zero-order valence-corrected chi connectivity index (χ0v) is 20.6. The van der Waals surface area contributed by atoms with E-state index in [1.807, 2.05) is 0 Å². The Labute approximate surface area is 203 Å². The third-order valence-electron chi connectivity index (χ3n) is 6.20. The first-order valence-electron chi connectivity index (χ1n) is 11.8. The minimum Gasteiger partial charge on any atom is -0.319 e. The summed E-state index contributed by atoms with van der Waals surface area (Å²) in [5.74, 6) is 1.00. The number of fused-ring (bicyclic) bond motifs is 4. The maximum Gasteiger partial charge on any atom is 0.141 e. The van der Waals surface area contributed by atoms with E-state index in [1.54, 1.807) is 11.3 Å². The largest absolute Gasteiger partial charge is 0.319 e. The smallest absolute Gasteiger partial charge is 0.141 e. The maximum atomic E-state index is 5.06. The topological polar surface area (TPSA) is 30.7 Å². The lowest BCUT2D eigenvalue weighted by Crippen LogP contribution is -2.10. The Hall–Kier alpha value is -3.50. The van der Waals surface area contributed by atoms with Crippen molar-refractivity contribution in [2.75, 3.05) is 0 Å². The van der Waals surface area contributed by atoms with Gasteiger partial charge in [0.05, 0.1) is 11.0 Å². The molecule has 3 nitrogen and oxygen atoms in total. The molecule has 0 saturated carbocycles. The molecular weight excluding hydrogens is 434 g/mol. The first kappa shape index (κ1) is 21.1. The van der Waals surface area contributed by atoms with E-state index in [9.17, 15) is 0 Å². The summed E-state index contributed by atoms with van der Waals surface area (Å²) in [5, 5.41) is 2.48. The van der Waals surface area contributed by atoms with E-state index < -0.39 is 0 Å². The SMILES string of the molecule is CC(C)(C)Cc1ccc2c(n1)sc1ccc(-c3nc4ccccc4n3Cc3ccccc3)cc12. The zero-order chi connectivity index (χ0) is 23.3. The lowest BCUT2D eigenvalue weighted by molar-refractivity contribution is 0.407. The van der Waals surface area contributed by atoms with Gasteiger partial charge in [0, 0.05) is 33.3 Å². The molecule has 0 aliphatic rings. The Bertz CT molecular complexity index is 1630. The van der Waals surface area contributed by atoms with Crippen LogP contribution in [-0.2, 0) is 13.0 Å². The Balaban J connectivity index is 1.49. The minimum absolute atomic E-state index is 0.225. The van der Waals surface area contributed by atoms with Crippen LogP contribution in [0.5, 0.6) is 0 Å². The van der Waals surface area contributed by atoms with Crippen LogP contribution >= 0.6 is 11.3 Å². The fraction of sp³-hybridized carbons (Fsp3) is 0.200. The second-order valence-electron chi connectivity index (χ2n) is 10.2. The van der Waals surface area contributed by atoms with Crippen LogP contribution in [0.2, 0.25) is 0 Å². The van der Waals surface area contributed by atoms with Gasteiger partial charge in [0.15, 0.2) is 0 Å². The predicted molar refractivity (Wildman–Crippen MR) is 145 cm³/mol. The van der Waals surface area contributed by atoms with E-state index in [0.717, 1.165) is 45.9 Å². The van der Waals surface area contributed by atoms with E-state index in [-0.39, 0.29) is 5.41 Å². The van der Waals surface area contributed by atoms with Crippen LogP contribution in [0.3, 0.4) is 0 Å². The number of pyridine rings is 1. The van der Waals surface area contributed by atoms with Gasteiger partial charge in [-0.05, 0) is 59.9 Å². The fourth-order valence-corrected chi connectivity index (χ4v) is 5.77. The molecule has 168 valence electrons. The molecular formula is C30H27N3S. The summed E-state index contributed by atoms with van der Waals surface area (Å²) in [6, 6.07) is 30.2. The standard InChI is InChI=1S/C30H27N3S/c1-30(2,3)18-22-14-15-23-24-17-21(13-16-27(24)34-29(23)31-22)28-32-25-11-7-8-12-26(25)33(28)19-20-9-5-4-6-10-20/h4-17H,18-19H2,1-3H3. The third kappa shape index (κ3) is 3.88. The number of hydrogen-bond acceptors (Lipinski definition) is 3. The molecule has 0 atom stereocenters. The van der Waals surface area contributed by atoms with E-state index in [1.165, 1.54) is 21.0 Å². The number of nitrogens with zero attached hydrogens (tertiary/aromatic N) is 3. The molecule has 0 N–H and O–H groups in total. The van der Waals surface area contributed by atoms with Gasteiger partial charge in [-0.1, -0.05) is 63.2 Å². The normalized spacial score (nSPS) is 12.2. The second-order valence-corrected chi connectivity index (χ2v) is 11.2. The quantitative estimate of drug-likeness (QED) is 0.265. The number of thiophene rings is 1. The van der Waals surface area contributed by atoms with E-state index >= 15 is 0 Å². The van der Waals surface area contributed by atoms with Gasteiger partial charge < -0.3 is 4.57 Å². The molecule has 3 heterocycles. The second kappa shape index (κ2) is 8.07. The first-order chi connectivity index (χ1) is 16.4. The molecule has 0 saturated heterocycles. The summed E-state index contributed by atoms with van der Waals surface area (Å²) in [6.07, 6.45) is 0.978. The van der Waals surface area contributed by atoms with Crippen molar-refractivity contribution < 1.29 is 0 Å². The lowest BCUT2D eigenvalue weighted by atomic mass is 9.90. The molecule has 34 heavy (non-hydrogen) atoms. The van der Waals surface area contributed by atoms with Gasteiger partial charge in [0.25, 0.3) is 0 Å². The fourth-order valence-electron chi connectivity index (χ4n) is 4.70. The molecule has 0 bridgehead atoms. The highest BCUT2D eigenvalue weighted by atomic mass is 32.1. The Morgan fingerprint density at radius 3 is 2.41 bits per heavy atom. The zero-order valence-electron chi connectivity index (χ0n) is 19.7. The average Bonchev–Trinajstić information content (AvgIpc) is 3.36. The summed E-state index contributed by atoms with van der Waals surface area (Å²) >= 11 is 1.78. The van der Waals surface area contributed by atoms with Gasteiger partial charge in [0.2, 0.25) is 0 Å². The number of rotatable bonds is 4. The molecule has 0 aliphatic heterocycles. The van der Waals surface area contributed by atoms with Gasteiger partial charge in [-0.2, -0.15) is 0 Å². The van der Waals surface area contributed by atoms with Crippen molar-refractivity contribution >= 4 is 42.7 Å². The summed E-state index contributed by atoms with van der Waals surface area (Å²) in [6.45, 7) is 7.57. The van der Waals surface area contributed by atoms with Gasteiger partial charge in [0.1, 0.15) is 10.7 Å². The molecule has 4 heteroatoms. The van der Waals surface area contributed by atoms with Gasteiger partial charge in [-0.3, -0.25) is 0 Å². The molecule has 3 aromatic heterocycles. The van der Waals surface area contributed by atoms with E-state index in [2.05, 4.69) is 110 Å². The summed E-state index contributed by atoms with van der Waals surface area (Å²) < 4.78 is 3.60. The van der Waals surface area contributed by atoms with Crippen LogP contribution in [0.15, 0.2) is 84.9 Å². The maximum absolute atomic E-state index is 5.06. The number of benzene rings is 3. The molecule has 0 spiro atoms. The molecule has 0 aliphatic carbocycles. The van der Waals surface area contributed by atoms with Gasteiger partial charge in [-0.15, -0.1) is 11.3 Å². The number of hydrogen-bond donors (Lipinski definition) is 0. The predicted octanol–water partition coefficient (Wildman–Crippen LogP) is 8.10. The molecule has 0 unspecified atom stereocenters. The highest BCUT2D eigenvalue weighted by Gasteiger charge is 2.17. The van der Waals surface area contributed by atoms with E-state index in [0.29, 0.717) is 0 Å². The highest BCUT2D eigenvalue weighted by molar-refractivity contribution is 7.25. The van der Waals surface area contributed by atoms with Gasteiger partial charge >= 0.3 is 0 Å². The number of imidazole rings is 1. The minimum atomic E-state index is 0.225. The van der Waals surface area contributed by atoms with Crippen molar-refractivity contribution in [2.24, 2.45) is 5.41 Å². The summed E-state index contributed by atoms with van der Waals surface area (Å²) in [7, 11) is 0. The third-order valence-corrected chi connectivity index (χ3v) is 7.28. The molecule has 0 fully saturated rings.